The lowest BCUT2D eigenvalue weighted by Crippen LogP contribution is -2.50. The molecule has 0 aromatic heterocycles. The van der Waals surface area contributed by atoms with E-state index in [9.17, 15) is 4.79 Å². The van der Waals surface area contributed by atoms with Gasteiger partial charge < -0.3 is 9.47 Å². The number of nitrogens with zero attached hydrogens (tertiary/aromatic N) is 1. The van der Waals surface area contributed by atoms with E-state index in [2.05, 4.69) is 48.2 Å². The molecule has 1 saturated heterocycles. The Balaban J connectivity index is 1.23. The molecule has 2 aromatic carbocycles. The Labute approximate surface area is 199 Å². The summed E-state index contributed by atoms with van der Waals surface area (Å²) in [6.45, 7) is 6.38. The standard InChI is InChI=1S/C29H41NO3/c1-3-4-5-6-7-15-33-28-14-13-24-16-22(11-12-25(24)18-28)19-30-20-27(21-30)23-9-8-10-26(17-23)29(31)32-2/h11-14,16,18,23,26-27H,3-10,15,17,19-21H2,1-2H3. The number of hydrogen-bond donors (Lipinski definition) is 0. The van der Waals surface area contributed by atoms with E-state index in [4.69, 9.17) is 9.47 Å². The minimum absolute atomic E-state index is 0.00688. The fourth-order valence-electron chi connectivity index (χ4n) is 5.69. The summed E-state index contributed by atoms with van der Waals surface area (Å²) in [5.74, 6) is 2.51. The van der Waals surface area contributed by atoms with Gasteiger partial charge in [0.15, 0.2) is 0 Å². The molecule has 0 spiro atoms. The van der Waals surface area contributed by atoms with Gasteiger partial charge in [0, 0.05) is 19.6 Å². The third-order valence-corrected chi connectivity index (χ3v) is 7.70. The molecule has 1 aliphatic heterocycles. The van der Waals surface area contributed by atoms with Crippen LogP contribution in [0.2, 0.25) is 0 Å². The van der Waals surface area contributed by atoms with Crippen molar-refractivity contribution in [2.24, 2.45) is 17.8 Å². The van der Waals surface area contributed by atoms with E-state index in [1.807, 2.05) is 0 Å². The average Bonchev–Trinajstić information content (AvgIpc) is 2.82. The number of likely N-dealkylation sites (tertiary alicyclic amines) is 1. The van der Waals surface area contributed by atoms with Crippen LogP contribution in [0, 0.1) is 17.8 Å². The minimum atomic E-state index is -0.00688. The van der Waals surface area contributed by atoms with Crippen LogP contribution in [0.4, 0.5) is 0 Å². The van der Waals surface area contributed by atoms with E-state index in [0.29, 0.717) is 5.92 Å². The summed E-state index contributed by atoms with van der Waals surface area (Å²) >= 11 is 0. The number of rotatable bonds is 11. The normalized spacial score (nSPS) is 21.6. The summed E-state index contributed by atoms with van der Waals surface area (Å²) in [4.78, 5) is 14.5. The molecule has 1 saturated carbocycles. The topological polar surface area (TPSA) is 38.8 Å². The molecule has 1 aliphatic carbocycles. The minimum Gasteiger partial charge on any atom is -0.494 e. The van der Waals surface area contributed by atoms with Crippen LogP contribution in [0.3, 0.4) is 0 Å². The molecule has 4 heteroatoms. The summed E-state index contributed by atoms with van der Waals surface area (Å²) in [7, 11) is 1.52. The lowest BCUT2D eigenvalue weighted by Gasteiger charge is -2.45. The number of ether oxygens (including phenoxy) is 2. The molecule has 2 unspecified atom stereocenters. The molecule has 0 amide bonds. The van der Waals surface area contributed by atoms with Crippen molar-refractivity contribution < 1.29 is 14.3 Å². The fourth-order valence-corrected chi connectivity index (χ4v) is 5.69. The van der Waals surface area contributed by atoms with Gasteiger partial charge in [0.25, 0.3) is 0 Å². The molecule has 2 aromatic rings. The predicted octanol–water partition coefficient (Wildman–Crippen LogP) is 6.60. The smallest absolute Gasteiger partial charge is 0.308 e. The summed E-state index contributed by atoms with van der Waals surface area (Å²) in [5.41, 5.74) is 1.38. The second kappa shape index (κ2) is 11.9. The van der Waals surface area contributed by atoms with Crippen LogP contribution >= 0.6 is 0 Å². The van der Waals surface area contributed by atoms with Gasteiger partial charge >= 0.3 is 5.97 Å². The lowest BCUT2D eigenvalue weighted by molar-refractivity contribution is -0.147. The zero-order chi connectivity index (χ0) is 23.0. The van der Waals surface area contributed by atoms with Gasteiger partial charge in [-0.15, -0.1) is 0 Å². The summed E-state index contributed by atoms with van der Waals surface area (Å²) < 4.78 is 11.0. The van der Waals surface area contributed by atoms with Gasteiger partial charge in [0.05, 0.1) is 19.6 Å². The second-order valence-corrected chi connectivity index (χ2v) is 10.2. The van der Waals surface area contributed by atoms with E-state index in [-0.39, 0.29) is 11.9 Å². The first-order valence-corrected chi connectivity index (χ1v) is 13.1. The number of methoxy groups -OCH3 is 1. The fraction of sp³-hybridized carbons (Fsp3) is 0.621. The molecule has 4 nitrogen and oxygen atoms in total. The molecule has 4 rings (SSSR count). The number of carbonyl (C=O) groups is 1. The van der Waals surface area contributed by atoms with Crippen LogP contribution in [-0.4, -0.2) is 37.7 Å². The number of carbonyl (C=O) groups excluding carboxylic acids is 1. The Bertz CT molecular complexity index is 905. The number of unbranched alkanes of at least 4 members (excludes halogenated alkanes) is 4. The average molecular weight is 452 g/mol. The number of hydrogen-bond acceptors (Lipinski definition) is 4. The van der Waals surface area contributed by atoms with Gasteiger partial charge in [-0.05, 0) is 65.6 Å². The lowest BCUT2D eigenvalue weighted by atomic mass is 9.72. The number of fused-ring (bicyclic) bond motifs is 1. The van der Waals surface area contributed by atoms with Crippen LogP contribution in [0.25, 0.3) is 10.8 Å². The Hall–Kier alpha value is -2.07. The molecule has 2 atom stereocenters. The van der Waals surface area contributed by atoms with Crippen LogP contribution in [-0.2, 0) is 16.1 Å². The molecule has 0 radical (unpaired) electrons. The molecular formula is C29H41NO3. The number of benzene rings is 2. The van der Waals surface area contributed by atoms with Crippen molar-refractivity contribution in [1.82, 2.24) is 4.90 Å². The largest absolute Gasteiger partial charge is 0.494 e. The van der Waals surface area contributed by atoms with Crippen molar-refractivity contribution in [3.63, 3.8) is 0 Å². The van der Waals surface area contributed by atoms with Crippen LogP contribution in [0.15, 0.2) is 36.4 Å². The maximum Gasteiger partial charge on any atom is 0.308 e. The van der Waals surface area contributed by atoms with E-state index in [1.165, 1.54) is 55.5 Å². The van der Waals surface area contributed by atoms with Gasteiger partial charge in [-0.25, -0.2) is 0 Å². The SMILES string of the molecule is CCCCCCCOc1ccc2cc(CN3CC(C4CCCC(C(=O)OC)C4)C3)ccc2c1. The first-order valence-electron chi connectivity index (χ1n) is 13.1. The van der Waals surface area contributed by atoms with Gasteiger partial charge in [-0.3, -0.25) is 9.69 Å². The zero-order valence-corrected chi connectivity index (χ0v) is 20.6. The first-order chi connectivity index (χ1) is 16.2. The Morgan fingerprint density at radius 2 is 1.76 bits per heavy atom. The maximum absolute atomic E-state index is 11.9. The van der Waals surface area contributed by atoms with Gasteiger partial charge in [-0.2, -0.15) is 0 Å². The molecule has 1 heterocycles. The molecule has 0 N–H and O–H groups in total. The van der Waals surface area contributed by atoms with E-state index in [1.54, 1.807) is 0 Å². The molecule has 2 aliphatic rings. The van der Waals surface area contributed by atoms with Crippen LogP contribution in [0.1, 0.15) is 70.3 Å². The van der Waals surface area contributed by atoms with E-state index >= 15 is 0 Å². The maximum atomic E-state index is 11.9. The molecule has 0 bridgehead atoms. The van der Waals surface area contributed by atoms with Crippen molar-refractivity contribution in [2.45, 2.75) is 71.3 Å². The highest BCUT2D eigenvalue weighted by Crippen LogP contribution is 2.38. The highest BCUT2D eigenvalue weighted by molar-refractivity contribution is 5.84. The van der Waals surface area contributed by atoms with Crippen molar-refractivity contribution >= 4 is 16.7 Å². The highest BCUT2D eigenvalue weighted by atomic mass is 16.5. The highest BCUT2D eigenvalue weighted by Gasteiger charge is 2.37. The van der Waals surface area contributed by atoms with Crippen molar-refractivity contribution in [3.05, 3.63) is 42.0 Å². The Morgan fingerprint density at radius 1 is 0.970 bits per heavy atom. The molecule has 33 heavy (non-hydrogen) atoms. The predicted molar refractivity (Wildman–Crippen MR) is 134 cm³/mol. The zero-order valence-electron chi connectivity index (χ0n) is 20.6. The monoisotopic (exact) mass is 451 g/mol. The summed E-state index contributed by atoms with van der Waals surface area (Å²) in [6.07, 6.45) is 10.8. The van der Waals surface area contributed by atoms with E-state index < -0.39 is 0 Å². The molecular weight excluding hydrogens is 410 g/mol. The quantitative estimate of drug-likeness (QED) is 0.285. The first kappa shape index (κ1) is 24.1. The van der Waals surface area contributed by atoms with Crippen molar-refractivity contribution in [2.75, 3.05) is 26.8 Å². The third kappa shape index (κ3) is 6.50. The summed E-state index contributed by atoms with van der Waals surface area (Å²) in [5, 5.41) is 2.54. The molecule has 2 fully saturated rings. The van der Waals surface area contributed by atoms with Crippen LogP contribution < -0.4 is 4.74 Å². The second-order valence-electron chi connectivity index (χ2n) is 10.2. The molecule has 180 valence electrons. The van der Waals surface area contributed by atoms with Crippen molar-refractivity contribution in [3.8, 4) is 5.75 Å². The van der Waals surface area contributed by atoms with Crippen molar-refractivity contribution in [1.29, 1.82) is 0 Å². The van der Waals surface area contributed by atoms with E-state index in [0.717, 1.165) is 63.6 Å². The van der Waals surface area contributed by atoms with Gasteiger partial charge in [-0.1, -0.05) is 63.6 Å². The third-order valence-electron chi connectivity index (χ3n) is 7.70. The van der Waals surface area contributed by atoms with Crippen LogP contribution in [0.5, 0.6) is 5.75 Å². The Kier molecular flexibility index (Phi) is 8.66. The summed E-state index contributed by atoms with van der Waals surface area (Å²) in [6, 6.07) is 13.3. The Morgan fingerprint density at radius 3 is 2.58 bits per heavy atom. The van der Waals surface area contributed by atoms with Gasteiger partial charge in [0.2, 0.25) is 0 Å². The number of esters is 1. The van der Waals surface area contributed by atoms with Gasteiger partial charge in [0.1, 0.15) is 5.75 Å².